The molecule has 0 bridgehead atoms. The molecule has 1 aromatic heterocycles. The van der Waals surface area contributed by atoms with Crippen molar-refractivity contribution >= 4 is 17.3 Å². The van der Waals surface area contributed by atoms with Crippen LogP contribution >= 0.6 is 11.6 Å². The molecule has 0 fully saturated rings. The number of halogens is 1. The third-order valence-electron chi connectivity index (χ3n) is 2.13. The number of nitrogens with one attached hydrogen (secondary N) is 1. The van der Waals surface area contributed by atoms with Gasteiger partial charge in [0.15, 0.2) is 0 Å². The minimum atomic E-state index is -0.235. The first-order valence-electron chi connectivity index (χ1n) is 5.20. The van der Waals surface area contributed by atoms with Crippen molar-refractivity contribution in [3.8, 4) is 0 Å². The summed E-state index contributed by atoms with van der Waals surface area (Å²) in [4.78, 5) is 11.6. The molecule has 0 amide bonds. The summed E-state index contributed by atoms with van der Waals surface area (Å²) < 4.78 is 1.34. The maximum absolute atomic E-state index is 11.6. The standard InChI is InChI=1S/C10H16ClN3O/c1-3-5-6-12-8-7-13-14(4-2)10(15)9(8)11/h7,12H,3-6H2,1-2H3. The van der Waals surface area contributed by atoms with Gasteiger partial charge in [0.25, 0.3) is 5.56 Å². The molecule has 1 rings (SSSR count). The summed E-state index contributed by atoms with van der Waals surface area (Å²) in [5.41, 5.74) is 0.389. The molecule has 0 aliphatic carbocycles. The van der Waals surface area contributed by atoms with Gasteiger partial charge in [-0.25, -0.2) is 4.68 Å². The zero-order chi connectivity index (χ0) is 11.3. The van der Waals surface area contributed by atoms with Gasteiger partial charge in [-0.1, -0.05) is 24.9 Å². The smallest absolute Gasteiger partial charge is 0.287 e. The highest BCUT2D eigenvalue weighted by molar-refractivity contribution is 6.32. The van der Waals surface area contributed by atoms with E-state index in [1.807, 2.05) is 6.92 Å². The van der Waals surface area contributed by atoms with Crippen molar-refractivity contribution in [2.75, 3.05) is 11.9 Å². The third-order valence-corrected chi connectivity index (χ3v) is 2.50. The van der Waals surface area contributed by atoms with Crippen LogP contribution in [0, 0.1) is 0 Å². The summed E-state index contributed by atoms with van der Waals surface area (Å²) in [6.45, 7) is 5.31. The number of hydrogen-bond donors (Lipinski definition) is 1. The second kappa shape index (κ2) is 5.75. The predicted octanol–water partition coefficient (Wildman–Crippen LogP) is 2.13. The van der Waals surface area contributed by atoms with Crippen LogP contribution in [-0.2, 0) is 6.54 Å². The van der Waals surface area contributed by atoms with Crippen molar-refractivity contribution in [3.05, 3.63) is 21.6 Å². The van der Waals surface area contributed by atoms with Gasteiger partial charge in [-0.2, -0.15) is 5.10 Å². The molecule has 1 heterocycles. The number of nitrogens with zero attached hydrogens (tertiary/aromatic N) is 2. The molecule has 1 aromatic rings. The van der Waals surface area contributed by atoms with Gasteiger partial charge in [-0.3, -0.25) is 4.79 Å². The number of unbranched alkanes of at least 4 members (excludes halogenated alkanes) is 1. The molecule has 0 saturated carbocycles. The highest BCUT2D eigenvalue weighted by Gasteiger charge is 2.07. The van der Waals surface area contributed by atoms with Crippen molar-refractivity contribution in [2.45, 2.75) is 33.2 Å². The lowest BCUT2D eigenvalue weighted by atomic mass is 10.3. The summed E-state index contributed by atoms with van der Waals surface area (Å²) in [6, 6.07) is 0. The van der Waals surface area contributed by atoms with E-state index >= 15 is 0 Å². The lowest BCUT2D eigenvalue weighted by Gasteiger charge is -2.08. The van der Waals surface area contributed by atoms with E-state index in [-0.39, 0.29) is 10.6 Å². The Bertz CT molecular complexity index is 375. The first-order valence-corrected chi connectivity index (χ1v) is 5.58. The summed E-state index contributed by atoms with van der Waals surface area (Å²) in [7, 11) is 0. The fraction of sp³-hybridized carbons (Fsp3) is 0.600. The SMILES string of the molecule is CCCCNc1cnn(CC)c(=O)c1Cl. The van der Waals surface area contributed by atoms with Gasteiger partial charge in [0.2, 0.25) is 0 Å². The molecule has 0 unspecified atom stereocenters. The van der Waals surface area contributed by atoms with Gasteiger partial charge < -0.3 is 5.32 Å². The average Bonchev–Trinajstić information content (AvgIpc) is 2.25. The van der Waals surface area contributed by atoms with Gasteiger partial charge in [0, 0.05) is 13.1 Å². The van der Waals surface area contributed by atoms with E-state index in [4.69, 9.17) is 11.6 Å². The van der Waals surface area contributed by atoms with Crippen LogP contribution < -0.4 is 10.9 Å². The van der Waals surface area contributed by atoms with Crippen molar-refractivity contribution in [1.82, 2.24) is 9.78 Å². The molecule has 4 nitrogen and oxygen atoms in total. The van der Waals surface area contributed by atoms with E-state index in [2.05, 4.69) is 17.3 Å². The second-order valence-corrected chi connectivity index (χ2v) is 3.65. The van der Waals surface area contributed by atoms with Gasteiger partial charge in [0.1, 0.15) is 5.02 Å². The summed E-state index contributed by atoms with van der Waals surface area (Å²) in [6.07, 6.45) is 3.75. The molecule has 0 aromatic carbocycles. The minimum absolute atomic E-state index is 0.225. The molecule has 0 saturated heterocycles. The van der Waals surface area contributed by atoms with Gasteiger partial charge in [0.05, 0.1) is 11.9 Å². The molecular formula is C10H16ClN3O. The predicted molar refractivity (Wildman–Crippen MR) is 62.6 cm³/mol. The first kappa shape index (κ1) is 12.0. The van der Waals surface area contributed by atoms with Crippen molar-refractivity contribution in [1.29, 1.82) is 0 Å². The number of anilines is 1. The number of aryl methyl sites for hydroxylation is 1. The van der Waals surface area contributed by atoms with Crippen LogP contribution in [0.3, 0.4) is 0 Å². The molecule has 0 radical (unpaired) electrons. The molecule has 15 heavy (non-hydrogen) atoms. The van der Waals surface area contributed by atoms with Crippen molar-refractivity contribution in [3.63, 3.8) is 0 Å². The van der Waals surface area contributed by atoms with Crippen LogP contribution in [0.2, 0.25) is 5.02 Å². The van der Waals surface area contributed by atoms with Gasteiger partial charge in [-0.15, -0.1) is 0 Å². The number of hydrogen-bond acceptors (Lipinski definition) is 3. The van der Waals surface area contributed by atoms with E-state index in [1.165, 1.54) is 4.68 Å². The van der Waals surface area contributed by atoms with E-state index in [9.17, 15) is 4.79 Å². The highest BCUT2D eigenvalue weighted by atomic mass is 35.5. The van der Waals surface area contributed by atoms with E-state index < -0.39 is 0 Å². The van der Waals surface area contributed by atoms with Crippen molar-refractivity contribution in [2.24, 2.45) is 0 Å². The quantitative estimate of drug-likeness (QED) is 0.787. The normalized spacial score (nSPS) is 10.3. The summed E-state index contributed by atoms with van der Waals surface area (Å²) in [5.74, 6) is 0. The largest absolute Gasteiger partial charge is 0.382 e. The third kappa shape index (κ3) is 2.96. The Morgan fingerprint density at radius 3 is 2.87 bits per heavy atom. The lowest BCUT2D eigenvalue weighted by molar-refractivity contribution is 0.616. The summed E-state index contributed by atoms with van der Waals surface area (Å²) >= 11 is 5.92. The Morgan fingerprint density at radius 1 is 1.53 bits per heavy atom. The van der Waals surface area contributed by atoms with Crippen LogP contribution in [0.15, 0.2) is 11.0 Å². The van der Waals surface area contributed by atoms with E-state index in [0.717, 1.165) is 19.4 Å². The Kier molecular flexibility index (Phi) is 4.62. The maximum Gasteiger partial charge on any atom is 0.287 e. The van der Waals surface area contributed by atoms with Gasteiger partial charge in [-0.05, 0) is 13.3 Å². The minimum Gasteiger partial charge on any atom is -0.382 e. The average molecular weight is 230 g/mol. The molecule has 0 aliphatic rings. The lowest BCUT2D eigenvalue weighted by Crippen LogP contribution is -2.23. The maximum atomic E-state index is 11.6. The Morgan fingerprint density at radius 2 is 2.27 bits per heavy atom. The fourth-order valence-electron chi connectivity index (χ4n) is 1.21. The molecular weight excluding hydrogens is 214 g/mol. The van der Waals surface area contributed by atoms with Crippen LogP contribution in [0.1, 0.15) is 26.7 Å². The van der Waals surface area contributed by atoms with E-state index in [0.29, 0.717) is 12.2 Å². The summed E-state index contributed by atoms with van der Waals surface area (Å²) in [5, 5.41) is 7.32. The highest BCUT2D eigenvalue weighted by Crippen LogP contribution is 2.14. The van der Waals surface area contributed by atoms with Crippen LogP contribution in [-0.4, -0.2) is 16.3 Å². The Labute approximate surface area is 94.3 Å². The monoisotopic (exact) mass is 229 g/mol. The van der Waals surface area contributed by atoms with Crippen LogP contribution in [0.4, 0.5) is 5.69 Å². The van der Waals surface area contributed by atoms with Crippen LogP contribution in [0.25, 0.3) is 0 Å². The molecule has 0 aliphatic heterocycles. The topological polar surface area (TPSA) is 46.9 Å². The molecule has 84 valence electrons. The van der Waals surface area contributed by atoms with E-state index in [1.54, 1.807) is 6.20 Å². The van der Waals surface area contributed by atoms with Gasteiger partial charge >= 0.3 is 0 Å². The Balaban J connectivity index is 2.82. The molecule has 5 heteroatoms. The van der Waals surface area contributed by atoms with Crippen molar-refractivity contribution < 1.29 is 0 Å². The molecule has 0 atom stereocenters. The second-order valence-electron chi connectivity index (χ2n) is 3.27. The zero-order valence-electron chi connectivity index (χ0n) is 9.09. The Hall–Kier alpha value is -1.03. The number of aromatic nitrogens is 2. The fourth-order valence-corrected chi connectivity index (χ4v) is 1.43. The molecule has 1 N–H and O–H groups in total. The zero-order valence-corrected chi connectivity index (χ0v) is 9.84. The molecule has 0 spiro atoms. The van der Waals surface area contributed by atoms with Crippen LogP contribution in [0.5, 0.6) is 0 Å². The first-order chi connectivity index (χ1) is 7.20. The number of rotatable bonds is 5.